The molecule has 2 aliphatic carbocycles. The first-order valence-electron chi connectivity index (χ1n) is 19.2. The van der Waals surface area contributed by atoms with E-state index < -0.39 is 17.6 Å². The van der Waals surface area contributed by atoms with Gasteiger partial charge in [0, 0.05) is 83.4 Å². The summed E-state index contributed by atoms with van der Waals surface area (Å²) >= 11 is 13.1. The maximum atomic E-state index is 17.3. The maximum Gasteiger partial charge on any atom is 0.417 e. The second kappa shape index (κ2) is 13.0. The zero-order valence-corrected chi connectivity index (χ0v) is 31.9. The number of carbonyl (C=O) groups is 1. The normalized spacial score (nSPS) is 25.6. The molecular weight excluding hydrogens is 765 g/mol. The summed E-state index contributed by atoms with van der Waals surface area (Å²) in [6.07, 6.45) is 1.57. The van der Waals surface area contributed by atoms with Crippen LogP contribution in [0.25, 0.3) is 32.9 Å². The summed E-state index contributed by atoms with van der Waals surface area (Å²) in [5.74, 6) is -0.283. The molecule has 6 aliphatic rings. The average molecular weight is 803 g/mol. The number of anilines is 1. The van der Waals surface area contributed by atoms with E-state index >= 15 is 4.39 Å². The fourth-order valence-corrected chi connectivity index (χ4v) is 10.7. The van der Waals surface area contributed by atoms with Crippen molar-refractivity contribution in [3.8, 4) is 17.2 Å². The first-order valence-corrected chi connectivity index (χ1v) is 20.0. The summed E-state index contributed by atoms with van der Waals surface area (Å²) < 4.78 is 61.1. The molecule has 4 bridgehead atoms. The van der Waals surface area contributed by atoms with Gasteiger partial charge in [-0.2, -0.15) is 18.4 Å². The van der Waals surface area contributed by atoms with E-state index in [1.165, 1.54) is 6.20 Å². The van der Waals surface area contributed by atoms with Gasteiger partial charge in [-0.25, -0.2) is 9.37 Å². The van der Waals surface area contributed by atoms with E-state index in [0.29, 0.717) is 46.9 Å². The smallest absolute Gasteiger partial charge is 0.368 e. The standard InChI is InChI=1S/C42H37Cl2F4N7O/c1-20-29-14-33(39-24-10-27(54(39)41(56)21-7-8-21)19-53(18-24)26-13-25(16-50-17-26)42(46,47)48)55(38-23-12-32(38)51-15-23)40(29)30-11-22(4-3-9-49)34(36(45)37(30)52-20)28-5-2-6-31(43)35(28)44/h2,5-6,11,13-14,16-17,21,23-24,27,32,38-39,51H,3-4,7-8,10,12,15,18-19H2,1H3/t23-,24+,27-,32-,38+,39-/m1/s1. The number of piperidine rings is 1. The summed E-state index contributed by atoms with van der Waals surface area (Å²) in [7, 11) is 0. The third-order valence-electron chi connectivity index (χ3n) is 12.9. The lowest BCUT2D eigenvalue weighted by atomic mass is 9.79. The third kappa shape index (κ3) is 5.52. The fourth-order valence-electron chi connectivity index (χ4n) is 10.3. The Morgan fingerprint density at radius 3 is 2.61 bits per heavy atom. The summed E-state index contributed by atoms with van der Waals surface area (Å²) in [4.78, 5) is 27.3. The zero-order valence-electron chi connectivity index (χ0n) is 30.4. The van der Waals surface area contributed by atoms with Gasteiger partial charge in [0.2, 0.25) is 5.91 Å². The number of alkyl halides is 3. The number of carbonyl (C=O) groups excluding carboxylic acids is 1. The highest BCUT2D eigenvalue weighted by Crippen LogP contribution is 2.54. The Balaban J connectivity index is 1.19. The molecule has 4 saturated heterocycles. The van der Waals surface area contributed by atoms with E-state index in [2.05, 4.69) is 27.0 Å². The van der Waals surface area contributed by atoms with Crippen molar-refractivity contribution in [1.29, 1.82) is 5.26 Å². The number of benzene rings is 2. The zero-order chi connectivity index (χ0) is 38.8. The SMILES string of the molecule is Cc1nc2c(F)c(-c3cccc(Cl)c3Cl)c(CCC#N)cc2c2c1cc([C@H]1[C@H]3C[C@H](CN(c4cncc(C(F)(F)F)c4)C3)N1C(=O)C1CC1)n2[C@H]1[C@H]2CN[C@@H]1C2. The van der Waals surface area contributed by atoms with E-state index in [1.54, 1.807) is 18.2 Å². The van der Waals surface area contributed by atoms with Gasteiger partial charge in [-0.05, 0) is 74.8 Å². The fraction of sp³-hybridized carbons (Fsp3) is 0.429. The molecule has 3 aromatic heterocycles. The molecule has 6 atom stereocenters. The Morgan fingerprint density at radius 2 is 1.89 bits per heavy atom. The molecule has 2 aromatic carbocycles. The number of rotatable bonds is 7. The van der Waals surface area contributed by atoms with Gasteiger partial charge in [0.25, 0.3) is 0 Å². The van der Waals surface area contributed by atoms with Gasteiger partial charge in [-0.3, -0.25) is 9.78 Å². The van der Waals surface area contributed by atoms with Gasteiger partial charge in [0.1, 0.15) is 5.52 Å². The number of nitriles is 1. The number of fused-ring (bicyclic) bond motifs is 6. The number of aryl methyl sites for hydroxylation is 2. The van der Waals surface area contributed by atoms with Crippen molar-refractivity contribution < 1.29 is 22.4 Å². The number of hydrogen-bond acceptors (Lipinski definition) is 6. The van der Waals surface area contributed by atoms with E-state index in [4.69, 9.17) is 28.2 Å². The number of nitrogens with zero attached hydrogens (tertiary/aromatic N) is 6. The molecule has 4 aliphatic heterocycles. The molecule has 2 saturated carbocycles. The van der Waals surface area contributed by atoms with Crippen LogP contribution in [0.2, 0.25) is 10.0 Å². The Labute approximate surface area is 330 Å². The number of likely N-dealkylation sites (tertiary alicyclic amines) is 1. The molecule has 0 spiro atoms. The second-order valence-corrected chi connectivity index (χ2v) is 17.0. The highest BCUT2D eigenvalue weighted by atomic mass is 35.5. The molecule has 288 valence electrons. The molecule has 5 aromatic rings. The molecule has 8 nitrogen and oxygen atoms in total. The van der Waals surface area contributed by atoms with Gasteiger partial charge in [0.05, 0.1) is 57.2 Å². The summed E-state index contributed by atoms with van der Waals surface area (Å²) in [6, 6.07) is 12.2. The number of amides is 1. The van der Waals surface area contributed by atoms with Crippen LogP contribution in [0, 0.1) is 41.8 Å². The van der Waals surface area contributed by atoms with Crippen molar-refractivity contribution >= 4 is 56.6 Å². The van der Waals surface area contributed by atoms with Crippen molar-refractivity contribution in [2.24, 2.45) is 17.8 Å². The van der Waals surface area contributed by atoms with Crippen LogP contribution in [-0.2, 0) is 17.4 Å². The Morgan fingerprint density at radius 1 is 1.07 bits per heavy atom. The number of nitrogens with one attached hydrogen (secondary N) is 1. The Hall–Kier alpha value is -4.44. The van der Waals surface area contributed by atoms with Gasteiger partial charge >= 0.3 is 6.18 Å². The molecule has 7 heterocycles. The van der Waals surface area contributed by atoms with Gasteiger partial charge in [0.15, 0.2) is 5.82 Å². The lowest BCUT2D eigenvalue weighted by Crippen LogP contribution is -2.45. The Bertz CT molecular complexity index is 2500. The van der Waals surface area contributed by atoms with Crippen LogP contribution in [0.1, 0.15) is 66.7 Å². The summed E-state index contributed by atoms with van der Waals surface area (Å²) in [6.45, 7) is 3.57. The van der Waals surface area contributed by atoms with Crippen LogP contribution < -0.4 is 10.2 Å². The highest BCUT2D eigenvalue weighted by Gasteiger charge is 2.55. The molecule has 56 heavy (non-hydrogen) atoms. The molecule has 11 rings (SSSR count). The van der Waals surface area contributed by atoms with Crippen molar-refractivity contribution in [3.05, 3.63) is 87.2 Å². The molecule has 1 amide bonds. The average Bonchev–Trinajstić information content (AvgIpc) is 3.46. The lowest BCUT2D eigenvalue weighted by Gasteiger charge is -2.40. The van der Waals surface area contributed by atoms with E-state index in [-0.39, 0.29) is 75.9 Å². The number of aromatic nitrogens is 3. The van der Waals surface area contributed by atoms with E-state index in [1.807, 2.05) is 22.8 Å². The van der Waals surface area contributed by atoms with Crippen molar-refractivity contribution in [2.45, 2.75) is 75.8 Å². The first kappa shape index (κ1) is 35.9. The monoisotopic (exact) mass is 801 g/mol. The molecule has 14 heteroatoms. The number of halogens is 6. The highest BCUT2D eigenvalue weighted by molar-refractivity contribution is 6.43. The third-order valence-corrected chi connectivity index (χ3v) is 13.8. The molecule has 0 unspecified atom stereocenters. The van der Waals surface area contributed by atoms with E-state index in [9.17, 15) is 23.2 Å². The largest absolute Gasteiger partial charge is 0.417 e. The minimum Gasteiger partial charge on any atom is -0.368 e. The van der Waals surface area contributed by atoms with Gasteiger partial charge < -0.3 is 19.7 Å². The van der Waals surface area contributed by atoms with Crippen LogP contribution in [0.4, 0.5) is 23.2 Å². The molecule has 0 radical (unpaired) electrons. The number of hydrogen-bond donors (Lipinski definition) is 1. The molecule has 6 fully saturated rings. The summed E-state index contributed by atoms with van der Waals surface area (Å²) in [5, 5.41) is 15.3. The maximum absolute atomic E-state index is 17.3. The van der Waals surface area contributed by atoms with Crippen LogP contribution in [0.3, 0.4) is 0 Å². The van der Waals surface area contributed by atoms with Crippen molar-refractivity contribution in [3.63, 3.8) is 0 Å². The van der Waals surface area contributed by atoms with Gasteiger partial charge in [-0.15, -0.1) is 0 Å². The van der Waals surface area contributed by atoms with Crippen molar-refractivity contribution in [1.82, 2.24) is 24.8 Å². The first-order chi connectivity index (χ1) is 26.9. The van der Waals surface area contributed by atoms with Crippen LogP contribution in [-0.4, -0.2) is 57.1 Å². The molecule has 1 N–H and O–H groups in total. The van der Waals surface area contributed by atoms with Crippen molar-refractivity contribution in [2.75, 3.05) is 24.5 Å². The van der Waals surface area contributed by atoms with Crippen LogP contribution in [0.15, 0.2) is 48.8 Å². The quantitative estimate of drug-likeness (QED) is 0.165. The Kier molecular flexibility index (Phi) is 8.37. The van der Waals surface area contributed by atoms with Crippen LogP contribution in [0.5, 0.6) is 0 Å². The minimum atomic E-state index is -4.53. The lowest BCUT2D eigenvalue weighted by molar-refractivity contribution is -0.138. The summed E-state index contributed by atoms with van der Waals surface area (Å²) in [5.41, 5.74) is 3.51. The van der Waals surface area contributed by atoms with Crippen LogP contribution >= 0.6 is 23.2 Å². The minimum absolute atomic E-state index is 0.0438. The molecular formula is C42H37Cl2F4N7O. The second-order valence-electron chi connectivity index (χ2n) is 16.2. The topological polar surface area (TPSA) is 90.1 Å². The predicted octanol–water partition coefficient (Wildman–Crippen LogP) is 9.20. The van der Waals surface area contributed by atoms with Gasteiger partial charge in [-0.1, -0.05) is 35.3 Å². The number of pyridine rings is 2. The van der Waals surface area contributed by atoms with E-state index in [0.717, 1.165) is 61.1 Å². The predicted molar refractivity (Wildman–Crippen MR) is 206 cm³/mol.